The molecule has 3 amide bonds. The van der Waals surface area contributed by atoms with Crippen molar-refractivity contribution in [3.63, 3.8) is 0 Å². The van der Waals surface area contributed by atoms with Crippen LogP contribution in [0.25, 0.3) is 0 Å². The molecular weight excluding hydrogens is 380 g/mol. The monoisotopic (exact) mass is 400 g/mol. The molecule has 0 bridgehead atoms. The van der Waals surface area contributed by atoms with Crippen molar-refractivity contribution in [3.8, 4) is 11.5 Å². The lowest BCUT2D eigenvalue weighted by Crippen LogP contribution is -2.28. The Morgan fingerprint density at radius 3 is 2.17 bits per heavy atom. The number of aryl methyl sites for hydroxylation is 1. The van der Waals surface area contributed by atoms with Gasteiger partial charge in [-0.15, -0.1) is 0 Å². The number of nitrogens with one attached hydrogen (secondary N) is 1. The van der Waals surface area contributed by atoms with Gasteiger partial charge in [0, 0.05) is 24.1 Å². The van der Waals surface area contributed by atoms with Gasteiger partial charge in [-0.3, -0.25) is 19.3 Å². The molecule has 6 heteroatoms. The number of anilines is 2. The van der Waals surface area contributed by atoms with E-state index in [0.29, 0.717) is 22.7 Å². The minimum atomic E-state index is -0.284. The van der Waals surface area contributed by atoms with Crippen LogP contribution < -0.4 is 15.0 Å². The van der Waals surface area contributed by atoms with Gasteiger partial charge in [-0.25, -0.2) is 0 Å². The summed E-state index contributed by atoms with van der Waals surface area (Å²) in [7, 11) is 0. The van der Waals surface area contributed by atoms with Gasteiger partial charge in [-0.1, -0.05) is 12.1 Å². The number of nitrogens with zero attached hydrogens (tertiary/aromatic N) is 1. The summed E-state index contributed by atoms with van der Waals surface area (Å²) < 4.78 is 5.81. The Bertz CT molecular complexity index is 1090. The first kappa shape index (κ1) is 19.4. The van der Waals surface area contributed by atoms with Crippen molar-refractivity contribution in [2.75, 3.05) is 10.2 Å². The smallest absolute Gasteiger partial charge is 0.255 e. The summed E-state index contributed by atoms with van der Waals surface area (Å²) in [5, 5.41) is 2.82. The van der Waals surface area contributed by atoms with Crippen LogP contribution in [0.4, 0.5) is 11.4 Å². The van der Waals surface area contributed by atoms with Crippen LogP contribution >= 0.6 is 0 Å². The first-order valence-corrected chi connectivity index (χ1v) is 9.61. The van der Waals surface area contributed by atoms with Crippen LogP contribution in [-0.4, -0.2) is 17.7 Å². The van der Waals surface area contributed by atoms with Crippen molar-refractivity contribution < 1.29 is 19.1 Å². The normalized spacial score (nSPS) is 13.4. The predicted octanol–water partition coefficient (Wildman–Crippen LogP) is 4.69. The molecule has 1 N–H and O–H groups in total. The van der Waals surface area contributed by atoms with Crippen LogP contribution in [0.2, 0.25) is 0 Å². The van der Waals surface area contributed by atoms with E-state index in [9.17, 15) is 14.4 Å². The van der Waals surface area contributed by atoms with Crippen LogP contribution in [-0.2, 0) is 9.59 Å². The van der Waals surface area contributed by atoms with Crippen molar-refractivity contribution in [3.05, 3.63) is 83.9 Å². The number of imide groups is 1. The molecule has 6 nitrogen and oxygen atoms in total. The molecule has 0 aliphatic carbocycles. The fraction of sp³-hybridized carbons (Fsp3) is 0.125. The molecule has 1 saturated heterocycles. The summed E-state index contributed by atoms with van der Waals surface area (Å²) >= 11 is 0. The molecule has 150 valence electrons. The Hall–Kier alpha value is -3.93. The summed E-state index contributed by atoms with van der Waals surface area (Å²) in [5.74, 6) is 0.702. The Morgan fingerprint density at radius 2 is 1.53 bits per heavy atom. The molecule has 0 spiro atoms. The molecule has 0 radical (unpaired) electrons. The average Bonchev–Trinajstić information content (AvgIpc) is 3.08. The zero-order valence-corrected chi connectivity index (χ0v) is 16.4. The molecule has 30 heavy (non-hydrogen) atoms. The number of ether oxygens (including phenoxy) is 1. The fourth-order valence-electron chi connectivity index (χ4n) is 3.25. The first-order valence-electron chi connectivity index (χ1n) is 9.61. The molecule has 1 aliphatic rings. The summed E-state index contributed by atoms with van der Waals surface area (Å²) in [5.41, 5.74) is 2.65. The van der Waals surface area contributed by atoms with Crippen LogP contribution in [0, 0.1) is 6.92 Å². The largest absolute Gasteiger partial charge is 0.457 e. The lowest BCUT2D eigenvalue weighted by atomic mass is 10.1. The van der Waals surface area contributed by atoms with Crippen molar-refractivity contribution in [2.45, 2.75) is 19.8 Å². The Balaban J connectivity index is 1.40. The average molecular weight is 400 g/mol. The Kier molecular flexibility index (Phi) is 5.30. The third kappa shape index (κ3) is 4.22. The number of rotatable bonds is 5. The number of carbonyl (C=O) groups is 3. The predicted molar refractivity (Wildman–Crippen MR) is 114 cm³/mol. The van der Waals surface area contributed by atoms with Crippen LogP contribution in [0.3, 0.4) is 0 Å². The van der Waals surface area contributed by atoms with E-state index in [0.717, 1.165) is 16.2 Å². The molecule has 3 aromatic rings. The molecule has 1 aliphatic heterocycles. The van der Waals surface area contributed by atoms with E-state index >= 15 is 0 Å². The topological polar surface area (TPSA) is 75.7 Å². The van der Waals surface area contributed by atoms with Gasteiger partial charge in [-0.05, 0) is 73.2 Å². The van der Waals surface area contributed by atoms with Crippen molar-refractivity contribution >= 4 is 29.1 Å². The summed E-state index contributed by atoms with van der Waals surface area (Å²) in [4.78, 5) is 37.3. The van der Waals surface area contributed by atoms with E-state index < -0.39 is 0 Å². The quantitative estimate of drug-likeness (QED) is 0.630. The first-order chi connectivity index (χ1) is 14.5. The lowest BCUT2D eigenvalue weighted by Gasteiger charge is -2.14. The minimum absolute atomic E-state index is 0.217. The highest BCUT2D eigenvalue weighted by Crippen LogP contribution is 2.25. The van der Waals surface area contributed by atoms with Gasteiger partial charge in [0.15, 0.2) is 0 Å². The third-order valence-corrected chi connectivity index (χ3v) is 4.78. The van der Waals surface area contributed by atoms with E-state index in [-0.39, 0.29) is 30.6 Å². The molecule has 3 aromatic carbocycles. The van der Waals surface area contributed by atoms with Crippen molar-refractivity contribution in [2.24, 2.45) is 0 Å². The highest BCUT2D eigenvalue weighted by Gasteiger charge is 2.30. The SMILES string of the molecule is Cc1cccc(Oc2ccc(NC(=O)c3ccc(N4C(=O)CCC4=O)cc3)cc2)c1. The highest BCUT2D eigenvalue weighted by molar-refractivity contribution is 6.20. The number of hydrogen-bond acceptors (Lipinski definition) is 4. The van der Waals surface area contributed by atoms with E-state index in [4.69, 9.17) is 4.74 Å². The van der Waals surface area contributed by atoms with Gasteiger partial charge < -0.3 is 10.1 Å². The molecule has 4 rings (SSSR count). The molecule has 0 saturated carbocycles. The van der Waals surface area contributed by atoms with Crippen LogP contribution in [0.1, 0.15) is 28.8 Å². The standard InChI is InChI=1S/C24H20N2O4/c1-16-3-2-4-21(15-16)30-20-11-7-18(8-12-20)25-24(29)17-5-9-19(10-6-17)26-22(27)13-14-23(26)28/h2-12,15H,13-14H2,1H3,(H,25,29). The van der Waals surface area contributed by atoms with Crippen molar-refractivity contribution in [1.29, 1.82) is 0 Å². The summed E-state index contributed by atoms with van der Waals surface area (Å²) in [6.45, 7) is 2.00. The number of benzene rings is 3. The number of amides is 3. The molecule has 1 heterocycles. The zero-order chi connectivity index (χ0) is 21.1. The van der Waals surface area contributed by atoms with E-state index in [1.54, 1.807) is 48.5 Å². The maximum Gasteiger partial charge on any atom is 0.255 e. The van der Waals surface area contributed by atoms with Gasteiger partial charge >= 0.3 is 0 Å². The minimum Gasteiger partial charge on any atom is -0.457 e. The van der Waals surface area contributed by atoms with Crippen LogP contribution in [0.5, 0.6) is 11.5 Å². The van der Waals surface area contributed by atoms with Gasteiger partial charge in [0.1, 0.15) is 11.5 Å². The molecule has 0 unspecified atom stereocenters. The van der Waals surface area contributed by atoms with Gasteiger partial charge in [0.2, 0.25) is 11.8 Å². The summed E-state index contributed by atoms with van der Waals surface area (Å²) in [6, 6.07) is 21.3. The Labute approximate surface area is 174 Å². The molecule has 1 fully saturated rings. The van der Waals surface area contributed by atoms with E-state index in [1.807, 2.05) is 31.2 Å². The van der Waals surface area contributed by atoms with Gasteiger partial charge in [0.25, 0.3) is 5.91 Å². The second-order valence-corrected chi connectivity index (χ2v) is 7.07. The number of hydrogen-bond donors (Lipinski definition) is 1. The van der Waals surface area contributed by atoms with Gasteiger partial charge in [0.05, 0.1) is 5.69 Å². The molecular formula is C24H20N2O4. The van der Waals surface area contributed by atoms with E-state index in [1.165, 1.54) is 0 Å². The molecule has 0 atom stereocenters. The van der Waals surface area contributed by atoms with E-state index in [2.05, 4.69) is 5.32 Å². The van der Waals surface area contributed by atoms with Crippen molar-refractivity contribution in [1.82, 2.24) is 0 Å². The van der Waals surface area contributed by atoms with Crippen LogP contribution in [0.15, 0.2) is 72.8 Å². The third-order valence-electron chi connectivity index (χ3n) is 4.78. The zero-order valence-electron chi connectivity index (χ0n) is 16.4. The second-order valence-electron chi connectivity index (χ2n) is 7.07. The lowest BCUT2D eigenvalue weighted by molar-refractivity contribution is -0.121. The highest BCUT2D eigenvalue weighted by atomic mass is 16.5. The summed E-state index contributed by atoms with van der Waals surface area (Å²) in [6.07, 6.45) is 0.454. The maximum atomic E-state index is 12.5. The van der Waals surface area contributed by atoms with Gasteiger partial charge in [-0.2, -0.15) is 0 Å². The maximum absolute atomic E-state index is 12.5. The number of carbonyl (C=O) groups excluding carboxylic acids is 3. The molecule has 0 aromatic heterocycles. The fourth-order valence-corrected chi connectivity index (χ4v) is 3.25. The Morgan fingerprint density at radius 1 is 0.867 bits per heavy atom. The second kappa shape index (κ2) is 8.21.